The summed E-state index contributed by atoms with van der Waals surface area (Å²) in [7, 11) is 0. The lowest BCUT2D eigenvalue weighted by Gasteiger charge is -2.36. The molecule has 0 spiro atoms. The Kier molecular flexibility index (Phi) is 5.38. The van der Waals surface area contributed by atoms with Gasteiger partial charge in [0.25, 0.3) is 5.91 Å². The summed E-state index contributed by atoms with van der Waals surface area (Å²) in [6.07, 6.45) is 2.52. The van der Waals surface area contributed by atoms with Gasteiger partial charge in [0.2, 0.25) is 11.8 Å². The lowest BCUT2D eigenvalue weighted by molar-refractivity contribution is -0.136. The van der Waals surface area contributed by atoms with Gasteiger partial charge in [-0.25, -0.2) is 0 Å². The normalized spacial score (nSPS) is 21.7. The Balaban J connectivity index is 1.21. The van der Waals surface area contributed by atoms with E-state index in [-0.39, 0.29) is 24.1 Å². The third kappa shape index (κ3) is 3.98. The van der Waals surface area contributed by atoms with E-state index in [9.17, 15) is 14.4 Å². The fourth-order valence-electron chi connectivity index (χ4n) is 4.88. The molecule has 0 saturated carbocycles. The molecule has 1 unspecified atom stereocenters. The molecule has 8 heteroatoms. The van der Waals surface area contributed by atoms with E-state index in [2.05, 4.69) is 38.3 Å². The molecule has 32 heavy (non-hydrogen) atoms. The Morgan fingerprint density at radius 3 is 2.62 bits per heavy atom. The summed E-state index contributed by atoms with van der Waals surface area (Å²) in [6, 6.07) is 9.62. The second-order valence-corrected chi connectivity index (χ2v) is 8.81. The number of piperidine rings is 1. The maximum atomic E-state index is 12.9. The molecule has 0 radical (unpaired) electrons. The molecule has 3 aliphatic rings. The average Bonchev–Trinajstić information content (AvgIpc) is 3.10. The second-order valence-electron chi connectivity index (χ2n) is 8.81. The van der Waals surface area contributed by atoms with Gasteiger partial charge in [-0.1, -0.05) is 12.1 Å². The highest BCUT2D eigenvalue weighted by molar-refractivity contribution is 6.05. The summed E-state index contributed by atoms with van der Waals surface area (Å²) in [5.41, 5.74) is 5.06. The predicted molar refractivity (Wildman–Crippen MR) is 119 cm³/mol. The molecule has 1 aromatic heterocycles. The quantitative estimate of drug-likeness (QED) is 0.735. The summed E-state index contributed by atoms with van der Waals surface area (Å²) in [4.78, 5) is 47.2. The van der Waals surface area contributed by atoms with Crippen molar-refractivity contribution in [3.05, 3.63) is 58.9 Å². The highest BCUT2D eigenvalue weighted by Crippen LogP contribution is 2.28. The minimum absolute atomic E-state index is 0.123. The van der Waals surface area contributed by atoms with Gasteiger partial charge >= 0.3 is 0 Å². The van der Waals surface area contributed by atoms with Crippen LogP contribution in [0.5, 0.6) is 0 Å². The Morgan fingerprint density at radius 2 is 1.88 bits per heavy atom. The molecule has 3 amide bonds. The number of fused-ring (bicyclic) bond motifs is 1. The van der Waals surface area contributed by atoms with Crippen LogP contribution in [0.4, 0.5) is 5.69 Å². The molecule has 1 N–H and O–H groups in total. The van der Waals surface area contributed by atoms with Gasteiger partial charge in [-0.2, -0.15) is 0 Å². The van der Waals surface area contributed by atoms with Crippen LogP contribution in [0.3, 0.4) is 0 Å². The Morgan fingerprint density at radius 1 is 1.06 bits per heavy atom. The maximum absolute atomic E-state index is 12.9. The summed E-state index contributed by atoms with van der Waals surface area (Å²) in [5.74, 6) is -0.760. The number of nitrogens with one attached hydrogen (secondary N) is 1. The molecule has 5 rings (SSSR count). The lowest BCUT2D eigenvalue weighted by atomic mass is 10.0. The molecule has 166 valence electrons. The van der Waals surface area contributed by atoms with E-state index >= 15 is 0 Å². The van der Waals surface area contributed by atoms with Gasteiger partial charge in [-0.3, -0.25) is 29.6 Å². The Hall–Kier alpha value is -3.26. The van der Waals surface area contributed by atoms with Gasteiger partial charge < -0.3 is 9.80 Å². The first kappa shape index (κ1) is 20.6. The van der Waals surface area contributed by atoms with Crippen LogP contribution in [0.2, 0.25) is 0 Å². The number of rotatable bonds is 4. The Bertz CT molecular complexity index is 1080. The third-order valence-corrected chi connectivity index (χ3v) is 6.61. The fraction of sp³-hybridized carbons (Fsp3) is 0.417. The molecule has 2 aromatic rings. The van der Waals surface area contributed by atoms with Crippen molar-refractivity contribution >= 4 is 23.4 Å². The average molecular weight is 434 g/mol. The molecule has 1 atom stereocenters. The molecule has 4 heterocycles. The van der Waals surface area contributed by atoms with Crippen LogP contribution < -0.4 is 10.2 Å². The zero-order valence-corrected chi connectivity index (χ0v) is 18.2. The topological polar surface area (TPSA) is 85.9 Å². The summed E-state index contributed by atoms with van der Waals surface area (Å²) < 4.78 is 0. The number of benzene rings is 1. The number of pyridine rings is 1. The minimum Gasteiger partial charge on any atom is -0.369 e. The van der Waals surface area contributed by atoms with Crippen molar-refractivity contribution in [2.75, 3.05) is 31.1 Å². The number of carbonyl (C=O) groups excluding carboxylic acids is 3. The monoisotopic (exact) mass is 433 g/mol. The van der Waals surface area contributed by atoms with Crippen molar-refractivity contribution in [2.45, 2.75) is 38.9 Å². The molecule has 0 aliphatic carbocycles. The number of hydrogen-bond acceptors (Lipinski definition) is 6. The molecule has 3 aliphatic heterocycles. The zero-order valence-electron chi connectivity index (χ0n) is 18.2. The van der Waals surface area contributed by atoms with E-state index in [0.717, 1.165) is 44.0 Å². The first-order valence-corrected chi connectivity index (χ1v) is 11.1. The van der Waals surface area contributed by atoms with Gasteiger partial charge in [-0.05, 0) is 42.7 Å². The van der Waals surface area contributed by atoms with Crippen LogP contribution in [-0.2, 0) is 22.7 Å². The van der Waals surface area contributed by atoms with Crippen LogP contribution in [0.15, 0.2) is 36.5 Å². The van der Waals surface area contributed by atoms with E-state index in [0.29, 0.717) is 18.5 Å². The number of anilines is 1. The van der Waals surface area contributed by atoms with Gasteiger partial charge in [0, 0.05) is 68.8 Å². The molecule has 8 nitrogen and oxygen atoms in total. The summed E-state index contributed by atoms with van der Waals surface area (Å²) in [6.45, 7) is 7.15. The number of carbonyl (C=O) groups is 3. The summed E-state index contributed by atoms with van der Waals surface area (Å²) >= 11 is 0. The van der Waals surface area contributed by atoms with Gasteiger partial charge in [-0.15, -0.1) is 0 Å². The van der Waals surface area contributed by atoms with Gasteiger partial charge in [0.05, 0.1) is 0 Å². The molecule has 0 bridgehead atoms. The number of hydrogen-bond donors (Lipinski definition) is 1. The smallest absolute Gasteiger partial charge is 0.255 e. The van der Waals surface area contributed by atoms with Crippen molar-refractivity contribution < 1.29 is 14.4 Å². The molecule has 2 fully saturated rings. The molecule has 2 saturated heterocycles. The highest BCUT2D eigenvalue weighted by Gasteiger charge is 2.39. The molecular formula is C24H27N5O3. The number of amides is 3. The first-order chi connectivity index (χ1) is 15.5. The van der Waals surface area contributed by atoms with E-state index in [1.165, 1.54) is 11.3 Å². The summed E-state index contributed by atoms with van der Waals surface area (Å²) in [5, 5.41) is 2.35. The lowest BCUT2D eigenvalue weighted by Crippen LogP contribution is -2.52. The standard InChI is InChI=1S/C24H27N5O3/c1-16-12-19(6-7-25-16)28-10-8-27(9-11-28)14-17-2-3-20-18(13-17)15-29(24(20)32)21-4-5-22(30)26-23(21)31/h2-3,6-7,12-13,21H,4-5,8-11,14-15H2,1H3,(H,26,30,31). The SMILES string of the molecule is Cc1cc(N2CCN(Cc3ccc4c(c3)CN(C3CCC(=O)NC3=O)C4=O)CC2)ccn1. The van der Waals surface area contributed by atoms with Gasteiger partial charge in [0.1, 0.15) is 6.04 Å². The number of nitrogens with zero attached hydrogens (tertiary/aromatic N) is 4. The number of aromatic nitrogens is 1. The Labute approximate surface area is 187 Å². The number of aryl methyl sites for hydroxylation is 1. The van der Waals surface area contributed by atoms with E-state index in [1.807, 2.05) is 25.3 Å². The zero-order chi connectivity index (χ0) is 22.2. The van der Waals surface area contributed by atoms with E-state index < -0.39 is 6.04 Å². The third-order valence-electron chi connectivity index (χ3n) is 6.61. The van der Waals surface area contributed by atoms with Crippen LogP contribution in [0.1, 0.15) is 40.0 Å². The number of piperazine rings is 1. The van der Waals surface area contributed by atoms with Crippen LogP contribution in [0.25, 0.3) is 0 Å². The predicted octanol–water partition coefficient (Wildman–Crippen LogP) is 1.47. The van der Waals surface area contributed by atoms with Crippen LogP contribution >= 0.6 is 0 Å². The van der Waals surface area contributed by atoms with E-state index in [4.69, 9.17) is 0 Å². The largest absolute Gasteiger partial charge is 0.369 e. The first-order valence-electron chi connectivity index (χ1n) is 11.1. The van der Waals surface area contributed by atoms with Gasteiger partial charge in [0.15, 0.2) is 0 Å². The van der Waals surface area contributed by atoms with Crippen LogP contribution in [0, 0.1) is 6.92 Å². The van der Waals surface area contributed by atoms with Crippen molar-refractivity contribution in [1.29, 1.82) is 0 Å². The minimum atomic E-state index is -0.569. The van der Waals surface area contributed by atoms with Crippen LogP contribution in [-0.4, -0.2) is 64.7 Å². The van der Waals surface area contributed by atoms with E-state index in [1.54, 1.807) is 4.90 Å². The van der Waals surface area contributed by atoms with Crippen molar-refractivity contribution in [3.8, 4) is 0 Å². The maximum Gasteiger partial charge on any atom is 0.255 e. The van der Waals surface area contributed by atoms with Crippen molar-refractivity contribution in [1.82, 2.24) is 20.1 Å². The molecular weight excluding hydrogens is 406 g/mol. The van der Waals surface area contributed by atoms with Crippen molar-refractivity contribution in [2.24, 2.45) is 0 Å². The fourth-order valence-corrected chi connectivity index (χ4v) is 4.88. The number of imide groups is 1. The highest BCUT2D eigenvalue weighted by atomic mass is 16.2. The molecule has 1 aromatic carbocycles. The van der Waals surface area contributed by atoms with Crippen molar-refractivity contribution in [3.63, 3.8) is 0 Å². The second kappa shape index (κ2) is 8.35.